The molecule has 1 saturated carbocycles. The third-order valence-corrected chi connectivity index (χ3v) is 4.69. The van der Waals surface area contributed by atoms with Gasteiger partial charge in [0.1, 0.15) is 5.82 Å². The fraction of sp³-hybridized carbons (Fsp3) is 0.786. The standard InChI is InChI=1S/C14H23N3O2S/c1-2-9-17-13(11-7-5-3-4-6-8-11)15-16-14(17)20-10-12(18)19/h11H,2-10H2,1H3,(H,18,19). The average molecular weight is 297 g/mol. The second-order valence-electron chi connectivity index (χ2n) is 5.36. The van der Waals surface area contributed by atoms with E-state index in [4.69, 9.17) is 5.11 Å². The number of rotatable bonds is 6. The third-order valence-electron chi connectivity index (χ3n) is 3.74. The molecule has 0 amide bonds. The van der Waals surface area contributed by atoms with E-state index in [1.807, 2.05) is 0 Å². The predicted octanol–water partition coefficient (Wildman–Crippen LogP) is 3.30. The number of aromatic nitrogens is 3. The van der Waals surface area contributed by atoms with Gasteiger partial charge in [-0.25, -0.2) is 0 Å². The lowest BCUT2D eigenvalue weighted by Crippen LogP contribution is -2.10. The minimum Gasteiger partial charge on any atom is -0.481 e. The first-order valence-corrected chi connectivity index (χ1v) is 8.48. The fourth-order valence-corrected chi connectivity index (χ4v) is 3.50. The summed E-state index contributed by atoms with van der Waals surface area (Å²) in [4.78, 5) is 10.7. The molecule has 1 aromatic rings. The van der Waals surface area contributed by atoms with Crippen LogP contribution in [0.15, 0.2) is 5.16 Å². The van der Waals surface area contributed by atoms with Crippen molar-refractivity contribution < 1.29 is 9.90 Å². The molecule has 0 saturated heterocycles. The van der Waals surface area contributed by atoms with E-state index in [0.717, 1.165) is 23.9 Å². The van der Waals surface area contributed by atoms with E-state index >= 15 is 0 Å². The van der Waals surface area contributed by atoms with Crippen molar-refractivity contribution in [2.45, 2.75) is 69.5 Å². The molecule has 0 unspecified atom stereocenters. The molecule has 6 heteroatoms. The summed E-state index contributed by atoms with van der Waals surface area (Å²) in [6, 6.07) is 0. The number of hydrogen-bond acceptors (Lipinski definition) is 4. The number of thioether (sulfide) groups is 1. The van der Waals surface area contributed by atoms with Gasteiger partial charge in [0.2, 0.25) is 0 Å². The molecule has 1 aliphatic carbocycles. The van der Waals surface area contributed by atoms with Crippen LogP contribution in [0.4, 0.5) is 0 Å². The molecule has 1 aromatic heterocycles. The maximum Gasteiger partial charge on any atom is 0.313 e. The molecule has 1 N–H and O–H groups in total. The SMILES string of the molecule is CCCn1c(SCC(=O)O)nnc1C1CCCCCC1. The van der Waals surface area contributed by atoms with Crippen LogP contribution in [-0.2, 0) is 11.3 Å². The van der Waals surface area contributed by atoms with Gasteiger partial charge in [0, 0.05) is 12.5 Å². The maximum atomic E-state index is 10.7. The first-order chi connectivity index (χ1) is 9.72. The summed E-state index contributed by atoms with van der Waals surface area (Å²) < 4.78 is 2.14. The number of carboxylic acids is 1. The number of carbonyl (C=O) groups is 1. The first-order valence-electron chi connectivity index (χ1n) is 7.50. The van der Waals surface area contributed by atoms with E-state index in [1.54, 1.807) is 0 Å². The molecular formula is C14H23N3O2S. The average Bonchev–Trinajstić information content (AvgIpc) is 2.64. The molecule has 0 aliphatic heterocycles. The molecule has 0 bridgehead atoms. The molecular weight excluding hydrogens is 274 g/mol. The summed E-state index contributed by atoms with van der Waals surface area (Å²) in [7, 11) is 0. The number of aliphatic carboxylic acids is 1. The topological polar surface area (TPSA) is 68.0 Å². The van der Waals surface area contributed by atoms with Crippen molar-refractivity contribution in [1.29, 1.82) is 0 Å². The Hall–Kier alpha value is -1.04. The zero-order valence-electron chi connectivity index (χ0n) is 12.0. The van der Waals surface area contributed by atoms with E-state index in [0.29, 0.717) is 5.92 Å². The van der Waals surface area contributed by atoms with Crippen LogP contribution in [0.5, 0.6) is 0 Å². The lowest BCUT2D eigenvalue weighted by Gasteiger charge is -2.15. The second kappa shape index (κ2) is 7.67. The first kappa shape index (κ1) is 15.4. The van der Waals surface area contributed by atoms with Crippen LogP contribution in [0.1, 0.15) is 63.6 Å². The van der Waals surface area contributed by atoms with Crippen LogP contribution in [0.3, 0.4) is 0 Å². The monoisotopic (exact) mass is 297 g/mol. The maximum absolute atomic E-state index is 10.7. The van der Waals surface area contributed by atoms with Gasteiger partial charge in [-0.05, 0) is 19.3 Å². The Bertz CT molecular complexity index is 440. The van der Waals surface area contributed by atoms with Crippen molar-refractivity contribution in [3.63, 3.8) is 0 Å². The molecule has 1 heterocycles. The highest BCUT2D eigenvalue weighted by Gasteiger charge is 2.22. The summed E-state index contributed by atoms with van der Waals surface area (Å²) in [5.41, 5.74) is 0. The van der Waals surface area contributed by atoms with Gasteiger partial charge in [0.15, 0.2) is 5.16 Å². The van der Waals surface area contributed by atoms with Crippen LogP contribution < -0.4 is 0 Å². The molecule has 0 radical (unpaired) electrons. The Morgan fingerprint density at radius 3 is 2.60 bits per heavy atom. The Kier molecular flexibility index (Phi) is 5.88. The van der Waals surface area contributed by atoms with Crippen molar-refractivity contribution in [1.82, 2.24) is 14.8 Å². The summed E-state index contributed by atoms with van der Waals surface area (Å²) in [5, 5.41) is 18.2. The third kappa shape index (κ3) is 3.98. The van der Waals surface area contributed by atoms with Crippen LogP contribution >= 0.6 is 11.8 Å². The minimum absolute atomic E-state index is 0.0481. The zero-order chi connectivity index (χ0) is 14.4. The highest BCUT2D eigenvalue weighted by Crippen LogP contribution is 2.32. The largest absolute Gasteiger partial charge is 0.481 e. The van der Waals surface area contributed by atoms with Crippen molar-refractivity contribution >= 4 is 17.7 Å². The molecule has 1 aliphatic rings. The molecule has 2 rings (SSSR count). The normalized spacial score (nSPS) is 17.1. The van der Waals surface area contributed by atoms with Crippen LogP contribution in [0, 0.1) is 0 Å². The smallest absolute Gasteiger partial charge is 0.313 e. The predicted molar refractivity (Wildman–Crippen MR) is 79.1 cm³/mol. The summed E-state index contributed by atoms with van der Waals surface area (Å²) >= 11 is 1.27. The highest BCUT2D eigenvalue weighted by atomic mass is 32.2. The van der Waals surface area contributed by atoms with E-state index < -0.39 is 5.97 Å². The Balaban J connectivity index is 2.16. The Morgan fingerprint density at radius 1 is 1.30 bits per heavy atom. The van der Waals surface area contributed by atoms with Crippen molar-refractivity contribution in [3.8, 4) is 0 Å². The number of hydrogen-bond donors (Lipinski definition) is 1. The molecule has 0 aromatic carbocycles. The van der Waals surface area contributed by atoms with Crippen molar-refractivity contribution in [2.24, 2.45) is 0 Å². The van der Waals surface area contributed by atoms with Gasteiger partial charge in [0.25, 0.3) is 0 Å². The molecule has 0 atom stereocenters. The quantitative estimate of drug-likeness (QED) is 0.644. The van der Waals surface area contributed by atoms with Gasteiger partial charge in [-0.2, -0.15) is 0 Å². The number of nitrogens with zero attached hydrogens (tertiary/aromatic N) is 3. The second-order valence-corrected chi connectivity index (χ2v) is 6.31. The lowest BCUT2D eigenvalue weighted by molar-refractivity contribution is -0.133. The lowest BCUT2D eigenvalue weighted by atomic mass is 9.99. The fourth-order valence-electron chi connectivity index (χ4n) is 2.81. The van der Waals surface area contributed by atoms with E-state index in [-0.39, 0.29) is 5.75 Å². The van der Waals surface area contributed by atoms with Gasteiger partial charge in [-0.15, -0.1) is 10.2 Å². The van der Waals surface area contributed by atoms with Gasteiger partial charge in [-0.3, -0.25) is 4.79 Å². The summed E-state index contributed by atoms with van der Waals surface area (Å²) in [6.07, 6.45) is 8.55. The number of carboxylic acid groups (broad SMARTS) is 1. The van der Waals surface area contributed by atoms with Gasteiger partial charge in [-0.1, -0.05) is 44.4 Å². The van der Waals surface area contributed by atoms with Crippen molar-refractivity contribution in [3.05, 3.63) is 5.82 Å². The van der Waals surface area contributed by atoms with Gasteiger partial charge < -0.3 is 9.67 Å². The zero-order valence-corrected chi connectivity index (χ0v) is 12.9. The summed E-state index contributed by atoms with van der Waals surface area (Å²) in [6.45, 7) is 3.00. The van der Waals surface area contributed by atoms with Crippen LogP contribution in [0.25, 0.3) is 0 Å². The van der Waals surface area contributed by atoms with E-state index in [1.165, 1.54) is 50.3 Å². The molecule has 0 spiro atoms. The van der Waals surface area contributed by atoms with Crippen molar-refractivity contribution in [2.75, 3.05) is 5.75 Å². The Morgan fingerprint density at radius 2 is 2.00 bits per heavy atom. The molecule has 20 heavy (non-hydrogen) atoms. The summed E-state index contributed by atoms with van der Waals surface area (Å²) in [5.74, 6) is 0.807. The van der Waals surface area contributed by atoms with Crippen LogP contribution in [-0.4, -0.2) is 31.6 Å². The molecule has 1 fully saturated rings. The highest BCUT2D eigenvalue weighted by molar-refractivity contribution is 7.99. The molecule has 5 nitrogen and oxygen atoms in total. The van der Waals surface area contributed by atoms with E-state index in [9.17, 15) is 4.79 Å². The molecule has 112 valence electrons. The minimum atomic E-state index is -0.808. The van der Waals surface area contributed by atoms with Gasteiger partial charge in [0.05, 0.1) is 5.75 Å². The van der Waals surface area contributed by atoms with E-state index in [2.05, 4.69) is 21.7 Å². The van der Waals surface area contributed by atoms with Gasteiger partial charge >= 0.3 is 5.97 Å². The van der Waals surface area contributed by atoms with Crippen LogP contribution in [0.2, 0.25) is 0 Å². The Labute approximate surface area is 124 Å².